The summed E-state index contributed by atoms with van der Waals surface area (Å²) in [6, 6.07) is 1.06. The van der Waals surface area contributed by atoms with E-state index in [1.165, 1.54) is 6.92 Å². The lowest BCUT2D eigenvalue weighted by Gasteiger charge is -2.06. The van der Waals surface area contributed by atoms with Gasteiger partial charge in [0.25, 0.3) is 11.6 Å². The van der Waals surface area contributed by atoms with E-state index in [9.17, 15) is 35.1 Å². The Labute approximate surface area is 116 Å². The molecule has 0 aliphatic rings. The Kier molecular flexibility index (Phi) is 4.28. The summed E-state index contributed by atoms with van der Waals surface area (Å²) in [7, 11) is 0. The molecule has 1 rings (SSSR count). The molecule has 1 N–H and O–H groups in total. The average molecular weight is 296 g/mol. The van der Waals surface area contributed by atoms with Crippen LogP contribution in [0.4, 0.5) is 22.7 Å². The number of hydrogen-bond acceptors (Lipinski definition) is 7. The standard InChI is InChI=1S/C10H8N4O7/c1-5(2)10(15)11-9-7(13(18)19)3-6(12(16)17)4-8(9)14(20)21/h3-4H,1H2,2H3,(H,11,15). The SMILES string of the molecule is C=C(C)C(=O)Nc1c([N+](=O)[O-])cc([N+](=O)[O-])cc1[N+](=O)[O-]. The van der Waals surface area contributed by atoms with Gasteiger partial charge in [0.05, 0.1) is 26.9 Å². The van der Waals surface area contributed by atoms with Gasteiger partial charge in [0, 0.05) is 5.57 Å². The van der Waals surface area contributed by atoms with Crippen LogP contribution >= 0.6 is 0 Å². The lowest BCUT2D eigenvalue weighted by molar-refractivity contribution is -0.401. The number of benzene rings is 1. The first-order valence-corrected chi connectivity index (χ1v) is 5.23. The van der Waals surface area contributed by atoms with E-state index in [1.54, 1.807) is 0 Å². The van der Waals surface area contributed by atoms with Crippen LogP contribution in [0, 0.1) is 30.3 Å². The van der Waals surface area contributed by atoms with Gasteiger partial charge in [-0.2, -0.15) is 0 Å². The summed E-state index contributed by atoms with van der Waals surface area (Å²) in [6.45, 7) is 4.58. The van der Waals surface area contributed by atoms with Gasteiger partial charge in [-0.15, -0.1) is 0 Å². The Balaban J connectivity index is 3.61. The summed E-state index contributed by atoms with van der Waals surface area (Å²) in [5.41, 5.74) is -3.52. The van der Waals surface area contributed by atoms with Crippen molar-refractivity contribution in [3.63, 3.8) is 0 Å². The molecule has 0 spiro atoms. The van der Waals surface area contributed by atoms with Crippen LogP contribution in [0.15, 0.2) is 24.3 Å². The van der Waals surface area contributed by atoms with Gasteiger partial charge in [0.15, 0.2) is 5.69 Å². The third-order valence-corrected chi connectivity index (χ3v) is 2.31. The number of hydrogen-bond donors (Lipinski definition) is 1. The quantitative estimate of drug-likeness (QED) is 0.493. The minimum absolute atomic E-state index is 0.0445. The van der Waals surface area contributed by atoms with Crippen LogP contribution in [0.25, 0.3) is 0 Å². The lowest BCUT2D eigenvalue weighted by atomic mass is 10.2. The normalized spacial score (nSPS) is 9.76. The molecule has 0 aromatic heterocycles. The molecule has 110 valence electrons. The highest BCUT2D eigenvalue weighted by molar-refractivity contribution is 6.05. The first-order valence-electron chi connectivity index (χ1n) is 5.23. The van der Waals surface area contributed by atoms with Gasteiger partial charge in [-0.1, -0.05) is 6.58 Å². The summed E-state index contributed by atoms with van der Waals surface area (Å²) in [6.07, 6.45) is 0. The molecule has 21 heavy (non-hydrogen) atoms. The first kappa shape index (κ1) is 15.7. The van der Waals surface area contributed by atoms with Crippen molar-refractivity contribution >= 4 is 28.7 Å². The molecule has 0 radical (unpaired) electrons. The minimum Gasteiger partial charge on any atom is -0.311 e. The maximum atomic E-state index is 11.5. The van der Waals surface area contributed by atoms with Crippen molar-refractivity contribution in [3.05, 3.63) is 54.6 Å². The molecule has 0 fully saturated rings. The molecule has 1 aromatic carbocycles. The van der Waals surface area contributed by atoms with Crippen LogP contribution in [0.5, 0.6) is 0 Å². The zero-order chi connectivity index (χ0) is 16.3. The van der Waals surface area contributed by atoms with Gasteiger partial charge in [-0.25, -0.2) is 0 Å². The average Bonchev–Trinajstić information content (AvgIpc) is 2.37. The third-order valence-electron chi connectivity index (χ3n) is 2.31. The third kappa shape index (κ3) is 3.34. The highest BCUT2D eigenvalue weighted by Crippen LogP contribution is 2.38. The van der Waals surface area contributed by atoms with E-state index in [-0.39, 0.29) is 5.57 Å². The van der Waals surface area contributed by atoms with Gasteiger partial charge in [0.1, 0.15) is 0 Å². The summed E-state index contributed by atoms with van der Waals surface area (Å²) in [5, 5.41) is 34.4. The smallest absolute Gasteiger partial charge is 0.306 e. The largest absolute Gasteiger partial charge is 0.311 e. The second kappa shape index (κ2) is 5.73. The van der Waals surface area contributed by atoms with Gasteiger partial charge >= 0.3 is 11.4 Å². The zero-order valence-electron chi connectivity index (χ0n) is 10.6. The Hall–Kier alpha value is -3.37. The second-order valence-electron chi connectivity index (χ2n) is 3.86. The van der Waals surface area contributed by atoms with E-state index in [1.807, 2.05) is 5.32 Å². The minimum atomic E-state index is -1.06. The van der Waals surface area contributed by atoms with Crippen molar-refractivity contribution in [3.8, 4) is 0 Å². The van der Waals surface area contributed by atoms with E-state index < -0.39 is 43.4 Å². The van der Waals surface area contributed by atoms with Crippen LogP contribution in [-0.2, 0) is 4.79 Å². The number of rotatable bonds is 5. The van der Waals surface area contributed by atoms with Crippen LogP contribution in [-0.4, -0.2) is 20.7 Å². The van der Waals surface area contributed by atoms with Crippen LogP contribution in [0.1, 0.15) is 6.92 Å². The predicted molar refractivity (Wildman–Crippen MR) is 69.8 cm³/mol. The van der Waals surface area contributed by atoms with Gasteiger partial charge in [-0.3, -0.25) is 35.1 Å². The number of non-ortho nitro benzene ring substituents is 1. The van der Waals surface area contributed by atoms with E-state index in [2.05, 4.69) is 6.58 Å². The molecule has 0 aliphatic carbocycles. The number of nitro benzene ring substituents is 3. The van der Waals surface area contributed by atoms with Crippen LogP contribution in [0.2, 0.25) is 0 Å². The van der Waals surface area contributed by atoms with E-state index in [0.29, 0.717) is 12.1 Å². The number of nitro groups is 3. The van der Waals surface area contributed by atoms with Crippen molar-refractivity contribution in [1.82, 2.24) is 0 Å². The second-order valence-corrected chi connectivity index (χ2v) is 3.86. The van der Waals surface area contributed by atoms with E-state index in [0.717, 1.165) is 0 Å². The molecule has 0 heterocycles. The molecule has 0 aliphatic heterocycles. The molecule has 0 atom stereocenters. The fourth-order valence-electron chi connectivity index (χ4n) is 1.34. The summed E-state index contributed by atoms with van der Waals surface area (Å²) >= 11 is 0. The van der Waals surface area contributed by atoms with Crippen LogP contribution in [0.3, 0.4) is 0 Å². The molecular weight excluding hydrogens is 288 g/mol. The predicted octanol–water partition coefficient (Wildman–Crippen LogP) is 1.93. The topological polar surface area (TPSA) is 159 Å². The molecular formula is C10H8N4O7. The molecule has 11 heteroatoms. The highest BCUT2D eigenvalue weighted by Gasteiger charge is 2.31. The van der Waals surface area contributed by atoms with Crippen molar-refractivity contribution in [2.45, 2.75) is 6.92 Å². The van der Waals surface area contributed by atoms with Gasteiger partial charge < -0.3 is 5.32 Å². The van der Waals surface area contributed by atoms with E-state index >= 15 is 0 Å². The molecule has 1 aromatic rings. The Morgan fingerprint density at radius 3 is 1.76 bits per heavy atom. The van der Waals surface area contributed by atoms with Crippen molar-refractivity contribution in [2.24, 2.45) is 0 Å². The number of carbonyl (C=O) groups is 1. The number of amides is 1. The molecule has 0 saturated carbocycles. The molecule has 0 saturated heterocycles. The fourth-order valence-corrected chi connectivity index (χ4v) is 1.34. The van der Waals surface area contributed by atoms with Gasteiger partial charge in [0.2, 0.25) is 0 Å². The van der Waals surface area contributed by atoms with Crippen molar-refractivity contribution < 1.29 is 19.6 Å². The number of carbonyl (C=O) groups excluding carboxylic acids is 1. The highest BCUT2D eigenvalue weighted by atomic mass is 16.6. The summed E-state index contributed by atoms with van der Waals surface area (Å²) in [5.74, 6) is -0.880. The molecule has 11 nitrogen and oxygen atoms in total. The van der Waals surface area contributed by atoms with Crippen LogP contribution < -0.4 is 5.32 Å². The number of anilines is 1. The maximum absolute atomic E-state index is 11.5. The zero-order valence-corrected chi connectivity index (χ0v) is 10.6. The summed E-state index contributed by atoms with van der Waals surface area (Å²) < 4.78 is 0. The maximum Gasteiger partial charge on any atom is 0.306 e. The molecule has 1 amide bonds. The molecule has 0 unspecified atom stereocenters. The fraction of sp³-hybridized carbons (Fsp3) is 0.100. The van der Waals surface area contributed by atoms with Crippen molar-refractivity contribution in [1.29, 1.82) is 0 Å². The Morgan fingerprint density at radius 1 is 1.05 bits per heavy atom. The summed E-state index contributed by atoms with van der Waals surface area (Å²) in [4.78, 5) is 40.8. The van der Waals surface area contributed by atoms with Gasteiger partial charge in [-0.05, 0) is 6.92 Å². The van der Waals surface area contributed by atoms with E-state index in [4.69, 9.17) is 0 Å². The number of nitrogens with one attached hydrogen (secondary N) is 1. The number of nitrogens with zero attached hydrogens (tertiary/aromatic N) is 3. The lowest BCUT2D eigenvalue weighted by Crippen LogP contribution is -2.15. The Morgan fingerprint density at radius 2 is 1.48 bits per heavy atom. The molecule has 0 bridgehead atoms. The Bertz CT molecular complexity index is 647. The first-order chi connectivity index (χ1) is 9.65. The van der Waals surface area contributed by atoms with Crippen molar-refractivity contribution in [2.75, 3.05) is 5.32 Å². The monoisotopic (exact) mass is 296 g/mol.